The summed E-state index contributed by atoms with van der Waals surface area (Å²) in [5.41, 5.74) is -0.0610. The first-order valence-electron chi connectivity index (χ1n) is 9.56. The number of hydrogen-bond acceptors (Lipinski definition) is 4. The molecule has 30 heavy (non-hydrogen) atoms. The van der Waals surface area contributed by atoms with Gasteiger partial charge in [0.15, 0.2) is 0 Å². The number of nitrogens with zero attached hydrogens (tertiary/aromatic N) is 4. The Labute approximate surface area is 174 Å². The molecule has 1 aliphatic rings. The summed E-state index contributed by atoms with van der Waals surface area (Å²) < 4.78 is 46.9. The first-order chi connectivity index (χ1) is 13.8. The third-order valence-electron chi connectivity index (χ3n) is 4.34. The van der Waals surface area contributed by atoms with Crippen molar-refractivity contribution in [1.29, 1.82) is 0 Å². The van der Waals surface area contributed by atoms with E-state index in [9.17, 15) is 18.0 Å². The molecule has 0 bridgehead atoms. The van der Waals surface area contributed by atoms with Crippen LogP contribution in [-0.2, 0) is 10.9 Å². The molecule has 9 heteroatoms. The van der Waals surface area contributed by atoms with Crippen LogP contribution in [0.1, 0.15) is 50.8 Å². The van der Waals surface area contributed by atoms with E-state index in [0.717, 1.165) is 6.07 Å². The summed E-state index contributed by atoms with van der Waals surface area (Å²) in [5.74, 6) is 0.266. The summed E-state index contributed by atoms with van der Waals surface area (Å²) in [6.45, 7) is 8.97. The summed E-state index contributed by atoms with van der Waals surface area (Å²) >= 11 is 0. The molecule has 1 aliphatic heterocycles. The fraction of sp³-hybridized carbons (Fsp3) is 0.524. The molecule has 6 nitrogen and oxygen atoms in total. The van der Waals surface area contributed by atoms with E-state index < -0.39 is 23.4 Å². The van der Waals surface area contributed by atoms with Gasteiger partial charge in [0.2, 0.25) is 0 Å². The molecular weight excluding hydrogens is 397 g/mol. The van der Waals surface area contributed by atoms with Crippen molar-refractivity contribution < 1.29 is 22.7 Å². The van der Waals surface area contributed by atoms with Crippen LogP contribution in [0, 0.1) is 6.92 Å². The maximum absolute atomic E-state index is 13.8. The van der Waals surface area contributed by atoms with Crippen LogP contribution in [0.25, 0.3) is 5.57 Å². The van der Waals surface area contributed by atoms with Gasteiger partial charge in [0.05, 0.1) is 11.3 Å². The Morgan fingerprint density at radius 1 is 1.20 bits per heavy atom. The maximum atomic E-state index is 13.8. The van der Waals surface area contributed by atoms with E-state index >= 15 is 0 Å². The number of ether oxygens (including phenoxy) is 1. The number of alkyl halides is 3. The molecule has 0 aliphatic carbocycles. The molecule has 0 saturated carbocycles. The number of rotatable bonds is 2. The van der Waals surface area contributed by atoms with Crippen molar-refractivity contribution in [2.24, 2.45) is 15.2 Å². The van der Waals surface area contributed by atoms with Crippen LogP contribution in [0.5, 0.6) is 0 Å². The van der Waals surface area contributed by atoms with Gasteiger partial charge in [-0.15, -0.1) is 5.11 Å². The minimum Gasteiger partial charge on any atom is -0.444 e. The lowest BCUT2D eigenvalue weighted by molar-refractivity contribution is -0.137. The normalized spacial score (nSPS) is 16.1. The first-order valence-corrected chi connectivity index (χ1v) is 9.56. The fourth-order valence-corrected chi connectivity index (χ4v) is 3.22. The van der Waals surface area contributed by atoms with Crippen LogP contribution in [0.3, 0.4) is 0 Å². The fourth-order valence-electron chi connectivity index (χ4n) is 3.22. The Kier molecular flexibility index (Phi) is 7.05. The second-order valence-electron chi connectivity index (χ2n) is 8.05. The molecule has 1 aromatic carbocycles. The highest BCUT2D eigenvalue weighted by molar-refractivity contribution is 5.83. The number of halogens is 3. The summed E-state index contributed by atoms with van der Waals surface area (Å²) in [6, 6.07) is 2.62. The molecule has 0 saturated heterocycles. The van der Waals surface area contributed by atoms with Crippen molar-refractivity contribution in [2.45, 2.75) is 52.8 Å². The highest BCUT2D eigenvalue weighted by Crippen LogP contribution is 2.41. The van der Waals surface area contributed by atoms with Gasteiger partial charge in [-0.2, -0.15) is 18.3 Å². The number of carbonyl (C=O) groups is 1. The number of benzene rings is 1. The van der Waals surface area contributed by atoms with Gasteiger partial charge >= 0.3 is 12.3 Å². The van der Waals surface area contributed by atoms with Gasteiger partial charge in [-0.1, -0.05) is 6.08 Å². The zero-order chi connectivity index (χ0) is 22.7. The monoisotopic (exact) mass is 424 g/mol. The van der Waals surface area contributed by atoms with Gasteiger partial charge in [0.1, 0.15) is 11.4 Å². The zero-order valence-corrected chi connectivity index (χ0v) is 18.1. The van der Waals surface area contributed by atoms with Crippen molar-refractivity contribution >= 4 is 23.2 Å². The average Bonchev–Trinajstić information content (AvgIpc) is 2.59. The topological polar surface area (TPSA) is 66.6 Å². The summed E-state index contributed by atoms with van der Waals surface area (Å²) in [4.78, 5) is 17.8. The second-order valence-corrected chi connectivity index (χ2v) is 8.05. The SMILES string of the molecule is C/N=N/C(C)=N/c1cc(C)c(C2=CCN(C(=O)OC(C)(C)C)CC2)c(C(F)(F)F)c1. The number of carbonyl (C=O) groups excluding carboxylic acids is 1. The van der Waals surface area contributed by atoms with E-state index in [1.54, 1.807) is 46.8 Å². The molecule has 0 radical (unpaired) electrons. The molecule has 1 heterocycles. The van der Waals surface area contributed by atoms with Gasteiger partial charge in [0.25, 0.3) is 0 Å². The lowest BCUT2D eigenvalue weighted by atomic mass is 9.90. The third-order valence-corrected chi connectivity index (χ3v) is 4.34. The molecule has 0 aromatic heterocycles. The third kappa shape index (κ3) is 6.14. The molecule has 164 valence electrons. The Morgan fingerprint density at radius 2 is 1.87 bits per heavy atom. The van der Waals surface area contributed by atoms with E-state index in [2.05, 4.69) is 15.2 Å². The van der Waals surface area contributed by atoms with Crippen molar-refractivity contribution in [1.82, 2.24) is 4.90 Å². The van der Waals surface area contributed by atoms with Crippen molar-refractivity contribution in [2.75, 3.05) is 20.1 Å². The van der Waals surface area contributed by atoms with Crippen molar-refractivity contribution in [3.8, 4) is 0 Å². The molecule has 0 N–H and O–H groups in total. The van der Waals surface area contributed by atoms with Crippen LogP contribution in [0.15, 0.2) is 33.4 Å². The number of azo groups is 1. The lowest BCUT2D eigenvalue weighted by Crippen LogP contribution is -2.39. The highest BCUT2D eigenvalue weighted by Gasteiger charge is 2.36. The largest absolute Gasteiger partial charge is 0.444 e. The van der Waals surface area contributed by atoms with E-state index in [1.165, 1.54) is 11.9 Å². The van der Waals surface area contributed by atoms with Crippen LogP contribution >= 0.6 is 0 Å². The summed E-state index contributed by atoms with van der Waals surface area (Å²) in [7, 11) is 1.46. The van der Waals surface area contributed by atoms with Crippen LogP contribution in [-0.4, -0.2) is 42.6 Å². The van der Waals surface area contributed by atoms with Crippen molar-refractivity contribution in [3.05, 3.63) is 34.9 Å². The molecule has 1 amide bonds. The van der Waals surface area contributed by atoms with Crippen LogP contribution in [0.4, 0.5) is 23.7 Å². The molecule has 2 rings (SSSR count). The zero-order valence-electron chi connectivity index (χ0n) is 18.1. The highest BCUT2D eigenvalue weighted by atomic mass is 19.4. The molecule has 0 spiro atoms. The molecule has 0 fully saturated rings. The minimum atomic E-state index is -4.55. The lowest BCUT2D eigenvalue weighted by Gasteiger charge is -2.30. The minimum absolute atomic E-state index is 0.139. The van der Waals surface area contributed by atoms with Gasteiger partial charge in [-0.05, 0) is 69.9 Å². The predicted octanol–water partition coefficient (Wildman–Crippen LogP) is 6.17. The molecular formula is C21H27F3N4O2. The van der Waals surface area contributed by atoms with Gasteiger partial charge in [0, 0.05) is 20.1 Å². The van der Waals surface area contributed by atoms with E-state index in [0.29, 0.717) is 17.6 Å². The van der Waals surface area contributed by atoms with Crippen LogP contribution < -0.4 is 0 Å². The van der Waals surface area contributed by atoms with E-state index in [4.69, 9.17) is 4.74 Å². The Balaban J connectivity index is 2.40. The Morgan fingerprint density at radius 3 is 2.37 bits per heavy atom. The maximum Gasteiger partial charge on any atom is 0.417 e. The predicted molar refractivity (Wildman–Crippen MR) is 110 cm³/mol. The number of aryl methyl sites for hydroxylation is 1. The summed E-state index contributed by atoms with van der Waals surface area (Å²) in [6.07, 6.45) is -3.07. The van der Waals surface area contributed by atoms with E-state index in [1.807, 2.05) is 0 Å². The molecule has 0 unspecified atom stereocenters. The van der Waals surface area contributed by atoms with Gasteiger partial charge in [-0.25, -0.2) is 9.79 Å². The van der Waals surface area contributed by atoms with Crippen LogP contribution in [0.2, 0.25) is 0 Å². The number of aliphatic imine (C=N–C) groups is 1. The average molecular weight is 424 g/mol. The number of hydrogen-bond donors (Lipinski definition) is 0. The summed E-state index contributed by atoms with van der Waals surface area (Å²) in [5, 5.41) is 7.32. The Bertz CT molecular complexity index is 897. The first kappa shape index (κ1) is 23.6. The Hall–Kier alpha value is -2.71. The van der Waals surface area contributed by atoms with E-state index in [-0.39, 0.29) is 30.2 Å². The van der Waals surface area contributed by atoms with Gasteiger partial charge in [-0.3, -0.25) is 0 Å². The number of amides is 1. The molecule has 0 atom stereocenters. The number of amidine groups is 1. The quantitative estimate of drug-likeness (QED) is 0.324. The smallest absolute Gasteiger partial charge is 0.417 e. The van der Waals surface area contributed by atoms with Gasteiger partial charge < -0.3 is 9.64 Å². The van der Waals surface area contributed by atoms with Crippen molar-refractivity contribution in [3.63, 3.8) is 0 Å². The standard InChI is InChI=1S/C21H27F3N4O2/c1-13-11-16(26-14(2)27-25-6)12-17(21(22,23)24)18(13)15-7-9-28(10-8-15)19(29)30-20(3,4)5/h7,11-12H,8-10H2,1-6H3/b26-14+,27-25+. The second kappa shape index (κ2) is 8.97. The molecule has 1 aromatic rings.